The highest BCUT2D eigenvalue weighted by molar-refractivity contribution is 6.20. The molecule has 1 aromatic carbocycles. The first kappa shape index (κ1) is 15.0. The quantitative estimate of drug-likeness (QED) is 0.626. The number of nitrogens with zero attached hydrogens (tertiary/aromatic N) is 2. The lowest BCUT2D eigenvalue weighted by Gasteiger charge is -2.47. The minimum atomic E-state index is -0.0146. The van der Waals surface area contributed by atoms with Crippen LogP contribution in [0, 0.1) is 12.8 Å². The van der Waals surface area contributed by atoms with Crippen molar-refractivity contribution in [1.82, 2.24) is 9.88 Å². The smallest absolute Gasteiger partial charge is 0.138 e. The summed E-state index contributed by atoms with van der Waals surface area (Å²) in [6, 6.07) is 12.4. The fourth-order valence-corrected chi connectivity index (χ4v) is 4.03. The molecule has 3 aliphatic rings. The highest BCUT2D eigenvalue weighted by Crippen LogP contribution is 2.36. The molecular formula is C19H21ClN2O. The molecular weight excluding hydrogens is 308 g/mol. The monoisotopic (exact) mass is 328 g/mol. The molecule has 4 heterocycles. The third kappa shape index (κ3) is 2.96. The van der Waals surface area contributed by atoms with Crippen LogP contribution >= 0.6 is 11.6 Å². The number of alkyl halides is 1. The maximum absolute atomic E-state index is 6.55. The van der Waals surface area contributed by atoms with E-state index in [0.717, 1.165) is 30.1 Å². The van der Waals surface area contributed by atoms with E-state index in [-0.39, 0.29) is 11.6 Å². The Hall–Kier alpha value is -1.58. The van der Waals surface area contributed by atoms with Gasteiger partial charge in [0.2, 0.25) is 0 Å². The molecule has 2 bridgehead atoms. The second-order valence-electron chi connectivity index (χ2n) is 6.57. The van der Waals surface area contributed by atoms with Crippen LogP contribution in [0.5, 0.6) is 5.75 Å². The van der Waals surface area contributed by atoms with E-state index in [2.05, 4.69) is 41.1 Å². The minimum absolute atomic E-state index is 0.0146. The van der Waals surface area contributed by atoms with E-state index in [0.29, 0.717) is 5.92 Å². The number of hydrogen-bond donors (Lipinski definition) is 0. The number of halogens is 1. The van der Waals surface area contributed by atoms with Gasteiger partial charge in [-0.1, -0.05) is 29.8 Å². The van der Waals surface area contributed by atoms with Crippen LogP contribution in [0.4, 0.5) is 0 Å². The first-order valence-electron chi connectivity index (χ1n) is 8.28. The van der Waals surface area contributed by atoms with Crippen molar-refractivity contribution in [2.24, 2.45) is 5.92 Å². The van der Waals surface area contributed by atoms with E-state index in [9.17, 15) is 0 Å². The van der Waals surface area contributed by atoms with Crippen LogP contribution in [0.2, 0.25) is 0 Å². The van der Waals surface area contributed by atoms with Crippen molar-refractivity contribution in [3.05, 3.63) is 48.2 Å². The SMILES string of the molecule is Cc1ccc(-c2ccc(OC3C4CCN(CC4)[C@@H]3Cl)cn2)cc1. The van der Waals surface area contributed by atoms with Gasteiger partial charge in [0.25, 0.3) is 0 Å². The van der Waals surface area contributed by atoms with Gasteiger partial charge in [-0.2, -0.15) is 0 Å². The van der Waals surface area contributed by atoms with Crippen molar-refractivity contribution in [1.29, 1.82) is 0 Å². The molecule has 0 amide bonds. The maximum atomic E-state index is 6.55. The molecule has 0 radical (unpaired) electrons. The van der Waals surface area contributed by atoms with E-state index in [4.69, 9.17) is 16.3 Å². The van der Waals surface area contributed by atoms with Gasteiger partial charge in [-0.05, 0) is 31.9 Å². The molecule has 3 nitrogen and oxygen atoms in total. The van der Waals surface area contributed by atoms with Crippen molar-refractivity contribution in [3.8, 4) is 17.0 Å². The Kier molecular flexibility index (Phi) is 4.00. The number of piperidine rings is 3. The third-order valence-corrected chi connectivity index (χ3v) is 5.54. The van der Waals surface area contributed by atoms with Crippen molar-refractivity contribution < 1.29 is 4.74 Å². The van der Waals surface area contributed by atoms with Gasteiger partial charge in [0.15, 0.2) is 0 Å². The van der Waals surface area contributed by atoms with Gasteiger partial charge in [-0.25, -0.2) is 0 Å². The zero-order valence-electron chi connectivity index (χ0n) is 13.3. The number of aromatic nitrogens is 1. The summed E-state index contributed by atoms with van der Waals surface area (Å²) < 4.78 is 6.18. The number of pyridine rings is 1. The number of benzene rings is 1. The van der Waals surface area contributed by atoms with E-state index >= 15 is 0 Å². The Morgan fingerprint density at radius 3 is 2.43 bits per heavy atom. The van der Waals surface area contributed by atoms with Gasteiger partial charge in [-0.15, -0.1) is 11.6 Å². The fourth-order valence-electron chi connectivity index (χ4n) is 3.58. The van der Waals surface area contributed by atoms with E-state index in [1.54, 1.807) is 0 Å². The predicted molar refractivity (Wildman–Crippen MR) is 92.8 cm³/mol. The van der Waals surface area contributed by atoms with Crippen molar-refractivity contribution in [2.45, 2.75) is 31.4 Å². The van der Waals surface area contributed by atoms with E-state index in [1.807, 2.05) is 18.3 Å². The number of ether oxygens (including phenoxy) is 1. The summed E-state index contributed by atoms with van der Waals surface area (Å²) >= 11 is 6.55. The molecule has 2 aromatic rings. The maximum Gasteiger partial charge on any atom is 0.138 e. The van der Waals surface area contributed by atoms with Crippen molar-refractivity contribution in [3.63, 3.8) is 0 Å². The van der Waals surface area contributed by atoms with Crippen LogP contribution in [0.15, 0.2) is 42.6 Å². The molecule has 3 saturated heterocycles. The molecule has 3 fully saturated rings. The Balaban J connectivity index is 1.49. The largest absolute Gasteiger partial charge is 0.486 e. The molecule has 1 unspecified atom stereocenters. The Morgan fingerprint density at radius 2 is 1.83 bits per heavy atom. The summed E-state index contributed by atoms with van der Waals surface area (Å²) in [7, 11) is 0. The predicted octanol–water partition coefficient (Wildman–Crippen LogP) is 4.09. The van der Waals surface area contributed by atoms with Gasteiger partial charge in [0, 0.05) is 24.6 Å². The third-order valence-electron chi connectivity index (χ3n) is 5.01. The zero-order valence-corrected chi connectivity index (χ0v) is 14.0. The molecule has 2 atom stereocenters. The van der Waals surface area contributed by atoms with Crippen LogP contribution in [-0.2, 0) is 0 Å². The van der Waals surface area contributed by atoms with Crippen LogP contribution in [-0.4, -0.2) is 34.6 Å². The molecule has 4 heteroatoms. The molecule has 1 aromatic heterocycles. The molecule has 23 heavy (non-hydrogen) atoms. The second-order valence-corrected chi connectivity index (χ2v) is 7.02. The Morgan fingerprint density at radius 1 is 1.09 bits per heavy atom. The molecule has 0 N–H and O–H groups in total. The minimum Gasteiger partial charge on any atom is -0.486 e. The van der Waals surface area contributed by atoms with Gasteiger partial charge in [0.1, 0.15) is 17.4 Å². The van der Waals surface area contributed by atoms with Crippen LogP contribution in [0.3, 0.4) is 0 Å². The lowest BCUT2D eigenvalue weighted by atomic mass is 9.85. The highest BCUT2D eigenvalue weighted by atomic mass is 35.5. The number of rotatable bonds is 3. The van der Waals surface area contributed by atoms with Gasteiger partial charge in [-0.3, -0.25) is 9.88 Å². The summed E-state index contributed by atoms with van der Waals surface area (Å²) in [5.74, 6) is 1.38. The second kappa shape index (κ2) is 6.14. The average molecular weight is 329 g/mol. The summed E-state index contributed by atoms with van der Waals surface area (Å²) in [5.41, 5.74) is 3.33. The topological polar surface area (TPSA) is 25.4 Å². The summed E-state index contributed by atoms with van der Waals surface area (Å²) in [6.07, 6.45) is 4.26. The molecule has 0 saturated carbocycles. The molecule has 0 aliphatic carbocycles. The fraction of sp³-hybridized carbons (Fsp3) is 0.421. The van der Waals surface area contributed by atoms with Gasteiger partial charge < -0.3 is 4.74 Å². The standard InChI is InChI=1S/C19H21ClN2O/c1-13-2-4-14(5-3-13)17-7-6-16(12-21-17)23-18-15-8-10-22(11-9-15)19(18)20/h2-7,12,15,18-19H,8-11H2,1H3/t18?,19-/m0/s1. The highest BCUT2D eigenvalue weighted by Gasteiger charge is 2.42. The van der Waals surface area contributed by atoms with E-state index < -0.39 is 0 Å². The lowest BCUT2D eigenvalue weighted by molar-refractivity contribution is -0.0261. The van der Waals surface area contributed by atoms with Gasteiger partial charge in [0.05, 0.1) is 11.9 Å². The van der Waals surface area contributed by atoms with Crippen molar-refractivity contribution in [2.75, 3.05) is 13.1 Å². The number of fused-ring (bicyclic) bond motifs is 3. The van der Waals surface area contributed by atoms with Crippen LogP contribution in [0.25, 0.3) is 11.3 Å². The Bertz CT molecular complexity index is 661. The summed E-state index contributed by atoms with van der Waals surface area (Å²) in [4.78, 5) is 6.87. The van der Waals surface area contributed by atoms with E-state index in [1.165, 1.54) is 18.4 Å². The molecule has 3 aliphatic heterocycles. The van der Waals surface area contributed by atoms with Crippen molar-refractivity contribution >= 4 is 11.6 Å². The molecule has 5 rings (SSSR count). The Labute approximate surface area is 142 Å². The average Bonchev–Trinajstić information content (AvgIpc) is 2.60. The molecule has 0 spiro atoms. The molecule has 120 valence electrons. The lowest BCUT2D eigenvalue weighted by Crippen LogP contribution is -2.57. The summed E-state index contributed by atoms with van der Waals surface area (Å²) in [6.45, 7) is 4.29. The number of hydrogen-bond acceptors (Lipinski definition) is 3. The van der Waals surface area contributed by atoms with Crippen LogP contribution in [0.1, 0.15) is 18.4 Å². The zero-order chi connectivity index (χ0) is 15.8. The normalized spacial score (nSPS) is 29.5. The first-order chi connectivity index (χ1) is 11.2. The van der Waals surface area contributed by atoms with Crippen LogP contribution < -0.4 is 4.74 Å². The van der Waals surface area contributed by atoms with Gasteiger partial charge >= 0.3 is 0 Å². The number of aryl methyl sites for hydroxylation is 1. The summed E-state index contributed by atoms with van der Waals surface area (Å²) in [5, 5.41) is 0. The first-order valence-corrected chi connectivity index (χ1v) is 8.72.